The van der Waals surface area contributed by atoms with Crippen LogP contribution in [0.5, 0.6) is 5.75 Å². The van der Waals surface area contributed by atoms with Crippen LogP contribution in [0.1, 0.15) is 5.82 Å². The molecule has 0 aliphatic carbocycles. The van der Waals surface area contributed by atoms with Gasteiger partial charge in [-0.2, -0.15) is 4.98 Å². The van der Waals surface area contributed by atoms with Gasteiger partial charge in [-0.05, 0) is 18.2 Å². The molecule has 1 amide bonds. The third-order valence-corrected chi connectivity index (χ3v) is 3.12. The van der Waals surface area contributed by atoms with Crippen molar-refractivity contribution in [3.63, 3.8) is 0 Å². The molecule has 0 fully saturated rings. The number of carbonyl (C=O) groups is 1. The number of nitrogens with zero attached hydrogens (tertiary/aromatic N) is 6. The maximum Gasteiger partial charge on any atom is 0.266 e. The van der Waals surface area contributed by atoms with Crippen molar-refractivity contribution >= 4 is 17.5 Å². The van der Waals surface area contributed by atoms with Crippen LogP contribution in [-0.4, -0.2) is 37.1 Å². The van der Waals surface area contributed by atoms with E-state index in [1.807, 2.05) is 0 Å². The molecule has 0 saturated heterocycles. The van der Waals surface area contributed by atoms with Crippen LogP contribution in [0.25, 0.3) is 5.78 Å². The van der Waals surface area contributed by atoms with E-state index in [-0.39, 0.29) is 19.1 Å². The van der Waals surface area contributed by atoms with Crippen molar-refractivity contribution < 1.29 is 9.53 Å². The second-order valence-corrected chi connectivity index (χ2v) is 4.49. The van der Waals surface area contributed by atoms with E-state index in [4.69, 9.17) is 4.74 Å². The second kappa shape index (κ2) is 4.51. The third-order valence-electron chi connectivity index (χ3n) is 3.12. The van der Waals surface area contributed by atoms with Gasteiger partial charge in [-0.3, -0.25) is 9.69 Å². The second-order valence-electron chi connectivity index (χ2n) is 4.49. The van der Waals surface area contributed by atoms with E-state index >= 15 is 0 Å². The summed E-state index contributed by atoms with van der Waals surface area (Å²) in [5.41, 5.74) is 0. The average molecular weight is 282 g/mol. The van der Waals surface area contributed by atoms with Gasteiger partial charge in [0.05, 0.1) is 6.54 Å². The van der Waals surface area contributed by atoms with Crippen LogP contribution >= 0.6 is 0 Å². The topological polar surface area (TPSA) is 85.5 Å². The highest BCUT2D eigenvalue weighted by Crippen LogP contribution is 2.29. The van der Waals surface area contributed by atoms with Gasteiger partial charge in [-0.1, -0.05) is 0 Å². The Balaban J connectivity index is 1.71. The van der Waals surface area contributed by atoms with E-state index in [1.165, 1.54) is 4.90 Å². The highest BCUT2D eigenvalue weighted by atomic mass is 16.5. The lowest BCUT2D eigenvalue weighted by molar-refractivity contribution is -0.121. The number of fused-ring (bicyclic) bond motifs is 2. The zero-order chi connectivity index (χ0) is 14.2. The summed E-state index contributed by atoms with van der Waals surface area (Å²) in [5.74, 6) is 1.89. The summed E-state index contributed by atoms with van der Waals surface area (Å²) >= 11 is 0. The fourth-order valence-corrected chi connectivity index (χ4v) is 2.18. The summed E-state index contributed by atoms with van der Waals surface area (Å²) in [4.78, 5) is 26.2. The lowest BCUT2D eigenvalue weighted by atomic mass is 10.3. The first-order chi connectivity index (χ1) is 10.3. The van der Waals surface area contributed by atoms with Crippen LogP contribution < -0.4 is 9.64 Å². The number of anilines is 1. The van der Waals surface area contributed by atoms with Crippen molar-refractivity contribution in [2.45, 2.75) is 6.54 Å². The largest absolute Gasteiger partial charge is 0.480 e. The van der Waals surface area contributed by atoms with E-state index in [0.29, 0.717) is 23.2 Å². The number of hydrogen-bond donors (Lipinski definition) is 0. The first-order valence-electron chi connectivity index (χ1n) is 6.36. The highest BCUT2D eigenvalue weighted by molar-refractivity contribution is 5.96. The Bertz CT molecular complexity index is 797. The van der Waals surface area contributed by atoms with E-state index in [2.05, 4.69) is 20.1 Å². The summed E-state index contributed by atoms with van der Waals surface area (Å²) in [6, 6.07) is 5.31. The van der Waals surface area contributed by atoms with Gasteiger partial charge in [0.2, 0.25) is 0 Å². The molecule has 21 heavy (non-hydrogen) atoms. The number of amides is 1. The van der Waals surface area contributed by atoms with Gasteiger partial charge < -0.3 is 4.74 Å². The van der Waals surface area contributed by atoms with Gasteiger partial charge in [-0.25, -0.2) is 14.5 Å². The summed E-state index contributed by atoms with van der Waals surface area (Å²) in [5, 5.41) is 4.29. The Morgan fingerprint density at radius 2 is 2.14 bits per heavy atom. The Hall–Kier alpha value is -3.03. The van der Waals surface area contributed by atoms with Gasteiger partial charge in [-0.15, -0.1) is 5.10 Å². The lowest BCUT2D eigenvalue weighted by Crippen LogP contribution is -2.39. The Morgan fingerprint density at radius 3 is 3.05 bits per heavy atom. The molecule has 3 aromatic heterocycles. The predicted molar refractivity (Wildman–Crippen MR) is 71.7 cm³/mol. The minimum Gasteiger partial charge on any atom is -0.480 e. The SMILES string of the molecule is O=C1COc2cccnc2N1Cc1nc2ncccn2n1. The number of aromatic nitrogens is 5. The summed E-state index contributed by atoms with van der Waals surface area (Å²) in [6.07, 6.45) is 5.02. The van der Waals surface area contributed by atoms with E-state index in [0.717, 1.165) is 0 Å². The number of rotatable bonds is 2. The van der Waals surface area contributed by atoms with Gasteiger partial charge >= 0.3 is 0 Å². The molecule has 4 heterocycles. The van der Waals surface area contributed by atoms with Crippen LogP contribution in [0.3, 0.4) is 0 Å². The zero-order valence-corrected chi connectivity index (χ0v) is 10.9. The fraction of sp³-hybridized carbons (Fsp3) is 0.154. The van der Waals surface area contributed by atoms with E-state index in [9.17, 15) is 4.79 Å². The molecular formula is C13H10N6O2. The van der Waals surface area contributed by atoms with Gasteiger partial charge in [0, 0.05) is 18.6 Å². The molecule has 4 rings (SSSR count). The minimum absolute atomic E-state index is 0.00961. The lowest BCUT2D eigenvalue weighted by Gasteiger charge is -2.26. The molecule has 0 spiro atoms. The first-order valence-corrected chi connectivity index (χ1v) is 6.36. The number of hydrogen-bond acceptors (Lipinski definition) is 6. The van der Waals surface area contributed by atoms with Crippen LogP contribution in [0.2, 0.25) is 0 Å². The molecule has 0 radical (unpaired) electrons. The molecule has 0 atom stereocenters. The normalized spacial score (nSPS) is 14.1. The standard InChI is InChI=1S/C13H10N6O2/c20-11-8-21-9-3-1-4-14-12(9)18(11)7-10-16-13-15-5-2-6-19(13)17-10/h1-6H,7-8H2. The third kappa shape index (κ3) is 1.97. The van der Waals surface area contributed by atoms with Crippen molar-refractivity contribution in [3.05, 3.63) is 42.6 Å². The molecule has 8 heteroatoms. The molecule has 0 aromatic carbocycles. The van der Waals surface area contributed by atoms with Crippen LogP contribution in [-0.2, 0) is 11.3 Å². The van der Waals surface area contributed by atoms with Gasteiger partial charge in [0.1, 0.15) is 0 Å². The maximum absolute atomic E-state index is 12.1. The fourth-order valence-electron chi connectivity index (χ4n) is 2.18. The van der Waals surface area contributed by atoms with Crippen LogP contribution in [0.4, 0.5) is 5.82 Å². The molecule has 8 nitrogen and oxygen atoms in total. The predicted octanol–water partition coefficient (Wildman–Crippen LogP) is 0.445. The molecule has 0 bridgehead atoms. The Labute approximate surface area is 119 Å². The van der Waals surface area contributed by atoms with Crippen molar-refractivity contribution in [1.82, 2.24) is 24.6 Å². The summed E-state index contributed by atoms with van der Waals surface area (Å²) < 4.78 is 6.92. The van der Waals surface area contributed by atoms with Gasteiger partial charge in [0.15, 0.2) is 24.0 Å². The molecule has 104 valence electrons. The minimum atomic E-state index is -0.173. The molecule has 3 aromatic rings. The molecule has 1 aliphatic rings. The quantitative estimate of drug-likeness (QED) is 0.678. The summed E-state index contributed by atoms with van der Waals surface area (Å²) in [6.45, 7) is 0.222. The first kappa shape index (κ1) is 11.8. The molecule has 0 N–H and O–H groups in total. The molecule has 1 aliphatic heterocycles. The Morgan fingerprint density at radius 1 is 1.24 bits per heavy atom. The summed E-state index contributed by atoms with van der Waals surface area (Å²) in [7, 11) is 0. The van der Waals surface area contributed by atoms with Crippen molar-refractivity contribution in [3.8, 4) is 5.75 Å². The molecule has 0 saturated carbocycles. The zero-order valence-electron chi connectivity index (χ0n) is 10.9. The number of pyridine rings is 1. The van der Waals surface area contributed by atoms with Crippen LogP contribution in [0, 0.1) is 0 Å². The van der Waals surface area contributed by atoms with Crippen molar-refractivity contribution in [1.29, 1.82) is 0 Å². The van der Waals surface area contributed by atoms with E-state index in [1.54, 1.807) is 41.3 Å². The Kier molecular flexibility index (Phi) is 2.53. The maximum atomic E-state index is 12.1. The average Bonchev–Trinajstić information content (AvgIpc) is 2.92. The van der Waals surface area contributed by atoms with Gasteiger partial charge in [0.25, 0.3) is 11.7 Å². The van der Waals surface area contributed by atoms with Crippen LogP contribution in [0.15, 0.2) is 36.8 Å². The van der Waals surface area contributed by atoms with E-state index < -0.39 is 0 Å². The molecular weight excluding hydrogens is 272 g/mol. The number of carbonyl (C=O) groups excluding carboxylic acids is 1. The highest BCUT2D eigenvalue weighted by Gasteiger charge is 2.27. The monoisotopic (exact) mass is 282 g/mol. The number of ether oxygens (including phenoxy) is 1. The smallest absolute Gasteiger partial charge is 0.266 e. The van der Waals surface area contributed by atoms with Crippen molar-refractivity contribution in [2.75, 3.05) is 11.5 Å². The molecule has 0 unspecified atom stereocenters. The van der Waals surface area contributed by atoms with Crippen molar-refractivity contribution in [2.24, 2.45) is 0 Å².